The molecule has 1 saturated heterocycles. The third-order valence-electron chi connectivity index (χ3n) is 4.12. The minimum absolute atomic E-state index is 0.0110. The Bertz CT molecular complexity index is 333. The number of aliphatic carboxylic acids is 1. The molecular weight excluding hydrogens is 244 g/mol. The summed E-state index contributed by atoms with van der Waals surface area (Å²) in [7, 11) is 0. The van der Waals surface area contributed by atoms with Crippen molar-refractivity contribution in [2.24, 2.45) is 5.41 Å². The summed E-state index contributed by atoms with van der Waals surface area (Å²) in [5.41, 5.74) is -0.750. The van der Waals surface area contributed by atoms with Gasteiger partial charge in [-0.3, -0.25) is 4.79 Å². The number of likely N-dealkylation sites (tertiary alicyclic amines) is 1. The maximum Gasteiger partial charge on any atom is 0.320 e. The van der Waals surface area contributed by atoms with Crippen LogP contribution in [0.15, 0.2) is 0 Å². The second-order valence-electron chi connectivity index (χ2n) is 5.33. The first kappa shape index (κ1) is 15.8. The molecule has 1 N–H and O–H groups in total. The van der Waals surface area contributed by atoms with Crippen LogP contribution in [-0.2, 0) is 4.79 Å². The SMILES string of the molecule is CCCN(CC)C(=O)N1CCCC(CC)(C(=O)O)C1. The Morgan fingerprint density at radius 2 is 2.00 bits per heavy atom. The van der Waals surface area contributed by atoms with E-state index in [1.54, 1.807) is 9.80 Å². The zero-order valence-electron chi connectivity index (χ0n) is 12.3. The molecule has 1 heterocycles. The fourth-order valence-electron chi connectivity index (χ4n) is 2.77. The fourth-order valence-corrected chi connectivity index (χ4v) is 2.77. The maximum absolute atomic E-state index is 12.4. The second-order valence-corrected chi connectivity index (χ2v) is 5.33. The molecule has 1 unspecified atom stereocenters. The van der Waals surface area contributed by atoms with E-state index in [4.69, 9.17) is 0 Å². The van der Waals surface area contributed by atoms with Gasteiger partial charge in [0, 0.05) is 26.2 Å². The highest BCUT2D eigenvalue weighted by molar-refractivity contribution is 5.78. The molecule has 0 aromatic rings. The van der Waals surface area contributed by atoms with Crippen LogP contribution in [0.4, 0.5) is 4.79 Å². The van der Waals surface area contributed by atoms with Gasteiger partial charge in [-0.15, -0.1) is 0 Å². The lowest BCUT2D eigenvalue weighted by Gasteiger charge is -2.41. The normalized spacial score (nSPS) is 23.2. The van der Waals surface area contributed by atoms with E-state index in [0.717, 1.165) is 19.4 Å². The number of hydrogen-bond acceptors (Lipinski definition) is 2. The highest BCUT2D eigenvalue weighted by Gasteiger charge is 2.42. The molecule has 0 spiro atoms. The van der Waals surface area contributed by atoms with Crippen molar-refractivity contribution >= 4 is 12.0 Å². The highest BCUT2D eigenvalue weighted by Crippen LogP contribution is 2.34. The average molecular weight is 270 g/mol. The summed E-state index contributed by atoms with van der Waals surface area (Å²) >= 11 is 0. The smallest absolute Gasteiger partial charge is 0.320 e. The number of piperidine rings is 1. The number of carbonyl (C=O) groups excluding carboxylic acids is 1. The summed E-state index contributed by atoms with van der Waals surface area (Å²) in [5, 5.41) is 9.44. The number of carbonyl (C=O) groups is 2. The molecule has 5 heteroatoms. The average Bonchev–Trinajstić information content (AvgIpc) is 2.43. The summed E-state index contributed by atoms with van der Waals surface area (Å²) in [6.07, 6.45) is 2.94. The first-order valence-corrected chi connectivity index (χ1v) is 7.28. The Morgan fingerprint density at radius 1 is 1.32 bits per heavy atom. The van der Waals surface area contributed by atoms with Crippen LogP contribution in [0, 0.1) is 5.41 Å². The summed E-state index contributed by atoms with van der Waals surface area (Å²) < 4.78 is 0. The lowest BCUT2D eigenvalue weighted by Crippen LogP contribution is -2.53. The van der Waals surface area contributed by atoms with Crippen LogP contribution in [0.2, 0.25) is 0 Å². The van der Waals surface area contributed by atoms with E-state index < -0.39 is 11.4 Å². The van der Waals surface area contributed by atoms with Crippen LogP contribution in [0.3, 0.4) is 0 Å². The molecule has 1 atom stereocenters. The summed E-state index contributed by atoms with van der Waals surface area (Å²) in [5.74, 6) is -0.772. The molecule has 19 heavy (non-hydrogen) atoms. The van der Waals surface area contributed by atoms with Gasteiger partial charge in [0.2, 0.25) is 0 Å². The van der Waals surface area contributed by atoms with Gasteiger partial charge in [-0.1, -0.05) is 13.8 Å². The van der Waals surface area contributed by atoms with Gasteiger partial charge >= 0.3 is 12.0 Å². The molecule has 1 aliphatic heterocycles. The Morgan fingerprint density at radius 3 is 2.47 bits per heavy atom. The first-order valence-electron chi connectivity index (χ1n) is 7.28. The Hall–Kier alpha value is -1.26. The van der Waals surface area contributed by atoms with Crippen LogP contribution in [0.1, 0.15) is 46.5 Å². The molecule has 0 aromatic heterocycles. The minimum atomic E-state index is -0.772. The number of carboxylic acid groups (broad SMARTS) is 1. The van der Waals surface area contributed by atoms with E-state index in [2.05, 4.69) is 0 Å². The number of amides is 2. The maximum atomic E-state index is 12.4. The Balaban J connectivity index is 2.78. The predicted molar refractivity (Wildman–Crippen MR) is 74.1 cm³/mol. The van der Waals surface area contributed by atoms with E-state index >= 15 is 0 Å². The molecule has 1 rings (SSSR count). The van der Waals surface area contributed by atoms with Gasteiger partial charge in [-0.05, 0) is 32.6 Å². The third-order valence-corrected chi connectivity index (χ3v) is 4.12. The monoisotopic (exact) mass is 270 g/mol. The van der Waals surface area contributed by atoms with Gasteiger partial charge in [0.1, 0.15) is 0 Å². The molecule has 0 bridgehead atoms. The second kappa shape index (κ2) is 6.78. The fraction of sp³-hybridized carbons (Fsp3) is 0.857. The van der Waals surface area contributed by atoms with Crippen molar-refractivity contribution in [1.82, 2.24) is 9.80 Å². The number of carboxylic acids is 1. The van der Waals surface area contributed by atoms with Crippen LogP contribution in [-0.4, -0.2) is 53.1 Å². The van der Waals surface area contributed by atoms with Gasteiger partial charge in [0.05, 0.1) is 5.41 Å². The lowest BCUT2D eigenvalue weighted by atomic mass is 9.78. The number of nitrogens with zero attached hydrogens (tertiary/aromatic N) is 2. The van der Waals surface area contributed by atoms with Gasteiger partial charge in [-0.2, -0.15) is 0 Å². The van der Waals surface area contributed by atoms with Crippen LogP contribution in [0.5, 0.6) is 0 Å². The quantitative estimate of drug-likeness (QED) is 0.834. The van der Waals surface area contributed by atoms with Crippen molar-refractivity contribution in [2.75, 3.05) is 26.2 Å². The molecule has 1 fully saturated rings. The minimum Gasteiger partial charge on any atom is -0.481 e. The Labute approximate surface area is 115 Å². The molecule has 2 amide bonds. The molecule has 5 nitrogen and oxygen atoms in total. The van der Waals surface area contributed by atoms with Crippen LogP contribution >= 0.6 is 0 Å². The van der Waals surface area contributed by atoms with E-state index in [1.807, 2.05) is 20.8 Å². The number of urea groups is 1. The Kier molecular flexibility index (Phi) is 5.63. The molecule has 0 aromatic carbocycles. The van der Waals surface area contributed by atoms with Crippen LogP contribution in [0.25, 0.3) is 0 Å². The largest absolute Gasteiger partial charge is 0.481 e. The van der Waals surface area contributed by atoms with Gasteiger partial charge in [-0.25, -0.2) is 4.79 Å². The van der Waals surface area contributed by atoms with Crippen LogP contribution < -0.4 is 0 Å². The van der Waals surface area contributed by atoms with Crippen molar-refractivity contribution < 1.29 is 14.7 Å². The van der Waals surface area contributed by atoms with Gasteiger partial charge in [0.25, 0.3) is 0 Å². The van der Waals surface area contributed by atoms with Crippen molar-refractivity contribution in [1.29, 1.82) is 0 Å². The topological polar surface area (TPSA) is 60.9 Å². The van der Waals surface area contributed by atoms with Gasteiger partial charge in [0.15, 0.2) is 0 Å². The standard InChI is InChI=1S/C14H26N2O3/c1-4-9-15(6-3)13(19)16-10-7-8-14(5-2,11-16)12(17)18/h4-11H2,1-3H3,(H,17,18). The van der Waals surface area contributed by atoms with Crippen molar-refractivity contribution in [3.8, 4) is 0 Å². The third kappa shape index (κ3) is 3.39. The molecular formula is C14H26N2O3. The summed E-state index contributed by atoms with van der Waals surface area (Å²) in [6.45, 7) is 8.33. The molecule has 0 aliphatic carbocycles. The van der Waals surface area contributed by atoms with E-state index in [-0.39, 0.29) is 6.03 Å². The molecule has 1 aliphatic rings. The van der Waals surface area contributed by atoms with E-state index in [1.165, 1.54) is 0 Å². The zero-order chi connectivity index (χ0) is 14.5. The highest BCUT2D eigenvalue weighted by atomic mass is 16.4. The van der Waals surface area contributed by atoms with Crippen molar-refractivity contribution in [2.45, 2.75) is 46.5 Å². The molecule has 0 radical (unpaired) electrons. The number of rotatable bonds is 5. The predicted octanol–water partition coefficient (Wildman–Crippen LogP) is 2.42. The number of hydrogen-bond donors (Lipinski definition) is 1. The molecule has 110 valence electrons. The van der Waals surface area contributed by atoms with Crippen molar-refractivity contribution in [3.05, 3.63) is 0 Å². The van der Waals surface area contributed by atoms with Crippen molar-refractivity contribution in [3.63, 3.8) is 0 Å². The van der Waals surface area contributed by atoms with Gasteiger partial charge < -0.3 is 14.9 Å². The summed E-state index contributed by atoms with van der Waals surface area (Å²) in [6, 6.07) is -0.0110. The zero-order valence-corrected chi connectivity index (χ0v) is 12.3. The lowest BCUT2D eigenvalue weighted by molar-refractivity contribution is -0.152. The van der Waals surface area contributed by atoms with E-state index in [0.29, 0.717) is 32.5 Å². The first-order chi connectivity index (χ1) is 9.00. The molecule has 0 saturated carbocycles. The summed E-state index contributed by atoms with van der Waals surface area (Å²) in [4.78, 5) is 27.4. The van der Waals surface area contributed by atoms with E-state index in [9.17, 15) is 14.7 Å².